The summed E-state index contributed by atoms with van der Waals surface area (Å²) in [5.41, 5.74) is 2.39. The molecule has 2 aromatic carbocycles. The molecule has 2 aromatic heterocycles. The summed E-state index contributed by atoms with van der Waals surface area (Å²) in [5.74, 6) is -0.732. The fraction of sp³-hybridized carbons (Fsp3) is 0.353. The van der Waals surface area contributed by atoms with Crippen LogP contribution >= 0.6 is 0 Å². The van der Waals surface area contributed by atoms with Crippen LogP contribution in [-0.2, 0) is 14.3 Å². The lowest BCUT2D eigenvalue weighted by Crippen LogP contribution is -2.45. The molecular weight excluding hydrogens is 572 g/mol. The van der Waals surface area contributed by atoms with Crippen molar-refractivity contribution >= 4 is 35.0 Å². The van der Waals surface area contributed by atoms with Crippen molar-refractivity contribution in [2.24, 2.45) is 0 Å². The lowest BCUT2D eigenvalue weighted by Gasteiger charge is -2.29. The molecule has 0 saturated carbocycles. The molecule has 11 heteroatoms. The van der Waals surface area contributed by atoms with E-state index in [-0.39, 0.29) is 30.1 Å². The number of ether oxygens (including phenoxy) is 2. The van der Waals surface area contributed by atoms with Gasteiger partial charge in [-0.05, 0) is 38.3 Å². The third-order valence-corrected chi connectivity index (χ3v) is 7.56. The number of nitrogens with zero attached hydrogens (tertiary/aromatic N) is 5. The molecule has 11 nitrogen and oxygen atoms in total. The van der Waals surface area contributed by atoms with Crippen LogP contribution in [0.15, 0.2) is 79.1 Å². The van der Waals surface area contributed by atoms with E-state index in [1.54, 1.807) is 34.0 Å². The zero-order valence-electron chi connectivity index (χ0n) is 26.1. The van der Waals surface area contributed by atoms with Crippen LogP contribution in [0.5, 0.6) is 0 Å². The molecule has 0 aliphatic heterocycles. The first-order valence-electron chi connectivity index (χ1n) is 15.0. The summed E-state index contributed by atoms with van der Waals surface area (Å²) in [5, 5.41) is 3.43. The van der Waals surface area contributed by atoms with Crippen LogP contribution in [-0.4, -0.2) is 67.7 Å². The van der Waals surface area contributed by atoms with Gasteiger partial charge in [-0.3, -0.25) is 4.79 Å². The summed E-state index contributed by atoms with van der Waals surface area (Å²) in [6.07, 6.45) is 5.21. The third kappa shape index (κ3) is 7.03. The van der Waals surface area contributed by atoms with Crippen LogP contribution in [0.25, 0.3) is 11.2 Å². The van der Waals surface area contributed by atoms with Crippen LogP contribution < -0.4 is 5.32 Å². The van der Waals surface area contributed by atoms with Gasteiger partial charge < -0.3 is 19.4 Å². The lowest BCUT2D eigenvalue weighted by molar-refractivity contribution is -0.131. The molecule has 0 radical (unpaired) electrons. The lowest BCUT2D eigenvalue weighted by atomic mass is 9.91. The largest absolute Gasteiger partial charge is 0.463 e. The Bertz CT molecular complexity index is 1660. The van der Waals surface area contributed by atoms with E-state index in [0.29, 0.717) is 29.9 Å². The van der Waals surface area contributed by atoms with Gasteiger partial charge in [-0.1, -0.05) is 79.7 Å². The number of fused-ring (bicyclic) bond motifs is 1. The van der Waals surface area contributed by atoms with Gasteiger partial charge in [0, 0.05) is 18.9 Å². The van der Waals surface area contributed by atoms with E-state index in [4.69, 9.17) is 9.47 Å². The number of hydrogen-bond acceptors (Lipinski definition) is 9. The molecule has 0 bridgehead atoms. The molecule has 0 spiro atoms. The van der Waals surface area contributed by atoms with E-state index in [1.807, 2.05) is 53.1 Å². The van der Waals surface area contributed by atoms with Crippen molar-refractivity contribution in [1.82, 2.24) is 24.4 Å². The number of allylic oxidation sites excluding steroid dienone is 1. The Morgan fingerprint density at radius 1 is 1.00 bits per heavy atom. The monoisotopic (exact) mass is 610 g/mol. The summed E-state index contributed by atoms with van der Waals surface area (Å²) in [6.45, 7) is 7.46. The normalized spacial score (nSPS) is 16.1. The highest BCUT2D eigenvalue weighted by molar-refractivity contribution is 5.93. The number of imide groups is 1. The second-order valence-corrected chi connectivity index (χ2v) is 11.8. The van der Waals surface area contributed by atoms with E-state index >= 15 is 0 Å². The van der Waals surface area contributed by atoms with Crippen molar-refractivity contribution in [2.75, 3.05) is 19.0 Å². The Labute approximate surface area is 262 Å². The van der Waals surface area contributed by atoms with Gasteiger partial charge in [0.15, 0.2) is 17.0 Å². The minimum Gasteiger partial charge on any atom is -0.463 e. The number of nitrogens with one attached hydrogen (secondary N) is 1. The van der Waals surface area contributed by atoms with Gasteiger partial charge in [-0.2, -0.15) is 0 Å². The minimum atomic E-state index is -0.754. The molecule has 4 aromatic rings. The second kappa shape index (κ2) is 13.3. The highest BCUT2D eigenvalue weighted by atomic mass is 16.6. The number of imidazole rings is 1. The molecule has 0 unspecified atom stereocenters. The summed E-state index contributed by atoms with van der Waals surface area (Å²) in [4.78, 5) is 53.4. The van der Waals surface area contributed by atoms with Crippen LogP contribution in [0.3, 0.4) is 0 Å². The quantitative estimate of drug-likeness (QED) is 0.182. The Morgan fingerprint density at radius 2 is 1.64 bits per heavy atom. The highest BCUT2D eigenvalue weighted by Crippen LogP contribution is 2.32. The zero-order valence-corrected chi connectivity index (χ0v) is 26.1. The smallest absolute Gasteiger partial charge is 0.417 e. The molecule has 2 atom stereocenters. The van der Waals surface area contributed by atoms with Gasteiger partial charge >= 0.3 is 12.1 Å². The van der Waals surface area contributed by atoms with Crippen molar-refractivity contribution in [1.29, 1.82) is 0 Å². The van der Waals surface area contributed by atoms with Crippen molar-refractivity contribution < 1.29 is 23.9 Å². The van der Waals surface area contributed by atoms with Crippen LogP contribution in [0.2, 0.25) is 0 Å². The molecular formula is C34H38N6O5. The average molecular weight is 611 g/mol. The number of anilines is 1. The van der Waals surface area contributed by atoms with E-state index in [1.165, 1.54) is 12.0 Å². The number of rotatable bonds is 9. The fourth-order valence-corrected chi connectivity index (χ4v) is 5.43. The average Bonchev–Trinajstić information content (AvgIpc) is 3.68. The molecule has 1 aliphatic rings. The minimum absolute atomic E-state index is 0.00505. The Hall–Kier alpha value is -5.06. The molecule has 0 saturated heterocycles. The fourth-order valence-electron chi connectivity index (χ4n) is 5.43. The van der Waals surface area contributed by atoms with E-state index < -0.39 is 23.7 Å². The van der Waals surface area contributed by atoms with Gasteiger partial charge in [0.05, 0.1) is 25.5 Å². The summed E-state index contributed by atoms with van der Waals surface area (Å²) >= 11 is 0. The van der Waals surface area contributed by atoms with Crippen molar-refractivity contribution in [2.45, 2.75) is 64.1 Å². The summed E-state index contributed by atoms with van der Waals surface area (Å²) in [7, 11) is 1.28. The maximum atomic E-state index is 13.0. The molecule has 234 valence electrons. The SMILES string of the molecule is CCC(=O)N(C(=O)OC(C)(C)C)[C@@H]1C=C[C@H](n2cnc3c(NCC(c4ccccc4)c4ccccc4)nc(C(=O)OC)nc32)C1. The van der Waals surface area contributed by atoms with Crippen molar-refractivity contribution in [3.63, 3.8) is 0 Å². The summed E-state index contributed by atoms with van der Waals surface area (Å²) in [6, 6.07) is 19.5. The Morgan fingerprint density at radius 3 is 2.22 bits per heavy atom. The van der Waals surface area contributed by atoms with Gasteiger partial charge in [0.1, 0.15) is 5.60 Å². The molecule has 1 N–H and O–H groups in total. The zero-order chi connectivity index (χ0) is 32.1. The third-order valence-electron chi connectivity index (χ3n) is 7.56. The van der Waals surface area contributed by atoms with Gasteiger partial charge in [-0.15, -0.1) is 0 Å². The van der Waals surface area contributed by atoms with Crippen molar-refractivity contribution in [3.8, 4) is 0 Å². The van der Waals surface area contributed by atoms with Crippen LogP contribution in [0.4, 0.5) is 10.6 Å². The first-order valence-corrected chi connectivity index (χ1v) is 15.0. The number of aromatic nitrogens is 4. The highest BCUT2D eigenvalue weighted by Gasteiger charge is 2.36. The first kappa shape index (κ1) is 31.4. The molecule has 2 heterocycles. The molecule has 5 rings (SSSR count). The van der Waals surface area contributed by atoms with Crippen LogP contribution in [0, 0.1) is 0 Å². The second-order valence-electron chi connectivity index (χ2n) is 11.8. The Kier molecular flexibility index (Phi) is 9.26. The molecule has 2 amide bonds. The number of amides is 2. The van der Waals surface area contributed by atoms with E-state index in [2.05, 4.69) is 44.5 Å². The number of esters is 1. The number of carbonyl (C=O) groups excluding carboxylic acids is 3. The van der Waals surface area contributed by atoms with Gasteiger partial charge in [-0.25, -0.2) is 29.4 Å². The molecule has 45 heavy (non-hydrogen) atoms. The topological polar surface area (TPSA) is 129 Å². The van der Waals surface area contributed by atoms with E-state index in [9.17, 15) is 14.4 Å². The predicted molar refractivity (Wildman–Crippen MR) is 170 cm³/mol. The summed E-state index contributed by atoms with van der Waals surface area (Å²) < 4.78 is 12.3. The predicted octanol–water partition coefficient (Wildman–Crippen LogP) is 5.90. The number of methoxy groups -OCH3 is 1. The molecule has 1 aliphatic carbocycles. The number of benzene rings is 2. The molecule has 0 fully saturated rings. The van der Waals surface area contributed by atoms with Gasteiger partial charge in [0.25, 0.3) is 0 Å². The van der Waals surface area contributed by atoms with Crippen LogP contribution in [0.1, 0.15) is 74.2 Å². The maximum Gasteiger partial charge on any atom is 0.417 e. The number of hydrogen-bond donors (Lipinski definition) is 1. The maximum absolute atomic E-state index is 13.0. The first-order chi connectivity index (χ1) is 21.6. The number of carbonyl (C=O) groups is 3. The Balaban J connectivity index is 1.46. The standard InChI is InChI=1S/C34H38N6O5/c1-6-27(41)40(33(43)45-34(2,3)4)25-18-17-24(19-25)39-21-36-28-29(37-30(32(42)44-5)38-31(28)39)35-20-26(22-13-9-7-10-14-22)23-15-11-8-12-16-23/h7-18,21,24-26H,6,19-20H2,1-5H3,(H,35,37,38)/t24-,25+/m0/s1. The van der Waals surface area contributed by atoms with Crippen molar-refractivity contribution in [3.05, 3.63) is 96.1 Å². The van der Waals surface area contributed by atoms with E-state index in [0.717, 1.165) is 11.1 Å². The van der Waals surface area contributed by atoms with Gasteiger partial charge in [0.2, 0.25) is 11.7 Å².